The molecule has 0 aliphatic heterocycles. The van der Waals surface area contributed by atoms with Gasteiger partial charge in [0, 0.05) is 10.4 Å². The van der Waals surface area contributed by atoms with Crippen molar-refractivity contribution in [3.8, 4) is 11.5 Å². The summed E-state index contributed by atoms with van der Waals surface area (Å²) in [5.41, 5.74) is 1.47. The Labute approximate surface area is 155 Å². The molecule has 1 atom stereocenters. The Morgan fingerprint density at radius 2 is 1.96 bits per heavy atom. The topological polar surface area (TPSA) is 84.9 Å². The maximum Gasteiger partial charge on any atom is 0.339 e. The van der Waals surface area contributed by atoms with Gasteiger partial charge in [-0.25, -0.2) is 4.79 Å². The Morgan fingerprint density at radius 3 is 2.62 bits per heavy atom. The summed E-state index contributed by atoms with van der Waals surface area (Å²) in [5, 5.41) is 12.9. The number of ether oxygens (including phenoxy) is 2. The fourth-order valence-electron chi connectivity index (χ4n) is 3.36. The van der Waals surface area contributed by atoms with Crippen LogP contribution < -0.4 is 14.8 Å². The first-order chi connectivity index (χ1) is 12.5. The molecule has 2 N–H and O–H groups in total. The predicted molar refractivity (Wildman–Crippen MR) is 100 cm³/mol. The van der Waals surface area contributed by atoms with Crippen LogP contribution >= 0.6 is 11.3 Å². The van der Waals surface area contributed by atoms with Gasteiger partial charge in [-0.05, 0) is 48.9 Å². The summed E-state index contributed by atoms with van der Waals surface area (Å²) < 4.78 is 10.4. The van der Waals surface area contributed by atoms with Gasteiger partial charge >= 0.3 is 5.97 Å². The van der Waals surface area contributed by atoms with Gasteiger partial charge in [-0.2, -0.15) is 0 Å². The second kappa shape index (κ2) is 7.37. The minimum absolute atomic E-state index is 0.188. The number of fused-ring (bicyclic) bond motifs is 1. The molecule has 138 valence electrons. The molecule has 6 nitrogen and oxygen atoms in total. The molecule has 2 aromatic rings. The number of aryl methyl sites for hydroxylation is 1. The molecule has 0 saturated heterocycles. The summed E-state index contributed by atoms with van der Waals surface area (Å²) in [5.74, 6) is -0.222. The first kappa shape index (κ1) is 18.3. The third kappa shape index (κ3) is 3.26. The molecule has 0 fully saturated rings. The molecular formula is C19H21NO5S. The molecular weight excluding hydrogens is 354 g/mol. The van der Waals surface area contributed by atoms with Gasteiger partial charge in [-0.1, -0.05) is 6.92 Å². The number of methoxy groups -OCH3 is 2. The summed E-state index contributed by atoms with van der Waals surface area (Å²) in [4.78, 5) is 25.5. The lowest BCUT2D eigenvalue weighted by Crippen LogP contribution is -2.15. The largest absolute Gasteiger partial charge is 0.493 e. The van der Waals surface area contributed by atoms with Crippen LogP contribution in [-0.2, 0) is 6.42 Å². The van der Waals surface area contributed by atoms with Gasteiger partial charge in [0.25, 0.3) is 5.91 Å². The highest BCUT2D eigenvalue weighted by molar-refractivity contribution is 7.17. The Balaban J connectivity index is 1.94. The summed E-state index contributed by atoms with van der Waals surface area (Å²) in [7, 11) is 3.02. The number of amides is 1. The van der Waals surface area contributed by atoms with Crippen LogP contribution in [0.15, 0.2) is 18.2 Å². The summed E-state index contributed by atoms with van der Waals surface area (Å²) in [6.45, 7) is 2.04. The van der Waals surface area contributed by atoms with Crippen molar-refractivity contribution < 1.29 is 24.2 Å². The second-order valence-corrected chi connectivity index (χ2v) is 7.37. The molecule has 1 heterocycles. The van der Waals surface area contributed by atoms with Gasteiger partial charge in [-0.3, -0.25) is 4.79 Å². The number of hydrogen-bond acceptors (Lipinski definition) is 5. The SMILES string of the molecule is COc1ccc(C(=O)Nc2sc3c(c2C(=O)O)C(C)CCC3)cc1OC. The van der Waals surface area contributed by atoms with Crippen LogP contribution in [0.3, 0.4) is 0 Å². The van der Waals surface area contributed by atoms with E-state index in [2.05, 4.69) is 5.32 Å². The van der Waals surface area contributed by atoms with Crippen molar-refractivity contribution in [2.45, 2.75) is 32.1 Å². The van der Waals surface area contributed by atoms with E-state index in [4.69, 9.17) is 9.47 Å². The normalized spacial score (nSPS) is 15.9. The number of thiophene rings is 1. The van der Waals surface area contributed by atoms with E-state index < -0.39 is 5.97 Å². The van der Waals surface area contributed by atoms with Crippen LogP contribution in [0, 0.1) is 0 Å². The number of carboxylic acids is 1. The Bertz CT molecular complexity index is 858. The molecule has 1 aromatic carbocycles. The summed E-state index contributed by atoms with van der Waals surface area (Å²) >= 11 is 1.37. The van der Waals surface area contributed by atoms with E-state index in [0.717, 1.165) is 29.7 Å². The van der Waals surface area contributed by atoms with Crippen LogP contribution in [0.4, 0.5) is 5.00 Å². The molecule has 1 amide bonds. The number of carbonyl (C=O) groups excluding carboxylic acids is 1. The Morgan fingerprint density at radius 1 is 1.23 bits per heavy atom. The molecule has 26 heavy (non-hydrogen) atoms. The lowest BCUT2D eigenvalue weighted by atomic mass is 9.86. The number of anilines is 1. The van der Waals surface area contributed by atoms with Crippen molar-refractivity contribution >= 4 is 28.2 Å². The third-order valence-electron chi connectivity index (χ3n) is 4.64. The van der Waals surface area contributed by atoms with Crippen LogP contribution in [0.5, 0.6) is 11.5 Å². The van der Waals surface area contributed by atoms with E-state index in [0.29, 0.717) is 22.1 Å². The summed E-state index contributed by atoms with van der Waals surface area (Å²) in [6.07, 6.45) is 2.86. The molecule has 1 aromatic heterocycles. The van der Waals surface area contributed by atoms with Gasteiger partial charge in [0.15, 0.2) is 11.5 Å². The van der Waals surface area contributed by atoms with Crippen molar-refractivity contribution in [2.24, 2.45) is 0 Å². The Hall–Kier alpha value is -2.54. The zero-order valence-corrected chi connectivity index (χ0v) is 15.7. The highest BCUT2D eigenvalue weighted by atomic mass is 32.1. The van der Waals surface area contributed by atoms with E-state index in [1.54, 1.807) is 18.2 Å². The molecule has 0 saturated carbocycles. The third-order valence-corrected chi connectivity index (χ3v) is 5.82. The van der Waals surface area contributed by atoms with Gasteiger partial charge < -0.3 is 19.9 Å². The molecule has 0 bridgehead atoms. The molecule has 1 unspecified atom stereocenters. The quantitative estimate of drug-likeness (QED) is 0.820. The lowest BCUT2D eigenvalue weighted by Gasteiger charge is -2.19. The van der Waals surface area contributed by atoms with Gasteiger partial charge in [0.05, 0.1) is 19.8 Å². The fourth-order valence-corrected chi connectivity index (χ4v) is 4.71. The van der Waals surface area contributed by atoms with Gasteiger partial charge in [0.1, 0.15) is 5.00 Å². The van der Waals surface area contributed by atoms with E-state index in [1.165, 1.54) is 25.6 Å². The lowest BCUT2D eigenvalue weighted by molar-refractivity contribution is 0.0696. The van der Waals surface area contributed by atoms with Crippen LogP contribution in [0.25, 0.3) is 0 Å². The fraction of sp³-hybridized carbons (Fsp3) is 0.368. The molecule has 0 spiro atoms. The number of nitrogens with one attached hydrogen (secondary N) is 1. The highest BCUT2D eigenvalue weighted by Gasteiger charge is 2.30. The number of carbonyl (C=O) groups is 2. The van der Waals surface area contributed by atoms with Crippen molar-refractivity contribution in [3.63, 3.8) is 0 Å². The summed E-state index contributed by atoms with van der Waals surface area (Å²) in [6, 6.07) is 4.84. The molecule has 0 radical (unpaired) electrons. The van der Waals surface area contributed by atoms with E-state index >= 15 is 0 Å². The average molecular weight is 375 g/mol. The molecule has 1 aliphatic carbocycles. The number of benzene rings is 1. The van der Waals surface area contributed by atoms with E-state index in [1.807, 2.05) is 6.92 Å². The first-order valence-corrected chi connectivity index (χ1v) is 9.20. The Kier molecular flexibility index (Phi) is 5.18. The van der Waals surface area contributed by atoms with Crippen molar-refractivity contribution in [2.75, 3.05) is 19.5 Å². The number of rotatable bonds is 5. The van der Waals surface area contributed by atoms with E-state index in [-0.39, 0.29) is 17.4 Å². The predicted octanol–water partition coefficient (Wildman–Crippen LogP) is 4.16. The monoisotopic (exact) mass is 375 g/mol. The smallest absolute Gasteiger partial charge is 0.339 e. The maximum absolute atomic E-state index is 12.7. The number of hydrogen-bond donors (Lipinski definition) is 2. The van der Waals surface area contributed by atoms with Gasteiger partial charge in [-0.15, -0.1) is 11.3 Å². The minimum atomic E-state index is -1.00. The zero-order chi connectivity index (χ0) is 18.8. The number of aromatic carboxylic acids is 1. The van der Waals surface area contributed by atoms with Crippen LogP contribution in [-0.4, -0.2) is 31.2 Å². The first-order valence-electron chi connectivity index (χ1n) is 8.38. The van der Waals surface area contributed by atoms with E-state index in [9.17, 15) is 14.7 Å². The van der Waals surface area contributed by atoms with Crippen molar-refractivity contribution in [3.05, 3.63) is 39.8 Å². The number of carboxylic acid groups (broad SMARTS) is 1. The van der Waals surface area contributed by atoms with Crippen molar-refractivity contribution in [1.82, 2.24) is 0 Å². The molecule has 3 rings (SSSR count). The van der Waals surface area contributed by atoms with Crippen LogP contribution in [0.2, 0.25) is 0 Å². The zero-order valence-electron chi connectivity index (χ0n) is 14.9. The van der Waals surface area contributed by atoms with Crippen LogP contribution in [0.1, 0.15) is 56.8 Å². The second-order valence-electron chi connectivity index (χ2n) is 6.27. The maximum atomic E-state index is 12.7. The average Bonchev–Trinajstić information content (AvgIpc) is 3.00. The molecule has 1 aliphatic rings. The van der Waals surface area contributed by atoms with Crippen molar-refractivity contribution in [1.29, 1.82) is 0 Å². The molecule has 7 heteroatoms. The highest BCUT2D eigenvalue weighted by Crippen LogP contribution is 2.43. The standard InChI is InChI=1S/C19H21NO5S/c1-10-5-4-6-14-15(10)16(19(22)23)18(26-14)20-17(21)11-7-8-12(24-2)13(9-11)25-3/h7-10H,4-6H2,1-3H3,(H,20,21)(H,22,23). The van der Waals surface area contributed by atoms with Gasteiger partial charge in [0.2, 0.25) is 0 Å². The minimum Gasteiger partial charge on any atom is -0.493 e.